The van der Waals surface area contributed by atoms with Crippen LogP contribution in [0.5, 0.6) is 0 Å². The van der Waals surface area contributed by atoms with E-state index in [0.29, 0.717) is 12.3 Å². The number of rotatable bonds is 6. The molecule has 1 N–H and O–H groups in total. The molecule has 1 heterocycles. The number of hydrogen-bond donors (Lipinski definition) is 1. The van der Waals surface area contributed by atoms with Crippen molar-refractivity contribution in [2.45, 2.75) is 26.2 Å². The highest BCUT2D eigenvalue weighted by Gasteiger charge is 2.24. The molecule has 0 aliphatic carbocycles. The molecule has 0 aliphatic heterocycles. The maximum absolute atomic E-state index is 12.2. The first-order valence-corrected chi connectivity index (χ1v) is 6.26. The number of aromatic nitrogens is 1. The molecule has 0 fully saturated rings. The summed E-state index contributed by atoms with van der Waals surface area (Å²) in [7, 11) is 0. The molecule has 0 radical (unpaired) electrons. The maximum Gasteiger partial charge on any atom is 0.231 e. The van der Waals surface area contributed by atoms with Crippen molar-refractivity contribution in [3.8, 4) is 0 Å². The molecule has 0 bridgehead atoms. The van der Waals surface area contributed by atoms with Gasteiger partial charge in [-0.05, 0) is 32.4 Å². The Morgan fingerprint density at radius 1 is 1.50 bits per heavy atom. The molecule has 1 aromatic rings. The Bertz CT molecular complexity index is 307. The van der Waals surface area contributed by atoms with Gasteiger partial charge in [0.2, 0.25) is 5.91 Å². The number of likely N-dealkylation sites (N-methyl/N-ethyl adjacent to an activating group) is 1. The van der Waals surface area contributed by atoms with E-state index in [9.17, 15) is 4.79 Å². The number of H-pyrrole nitrogens is 1. The van der Waals surface area contributed by atoms with Crippen molar-refractivity contribution >= 4 is 17.5 Å². The molecular formula is C12H19ClN2O. The van der Waals surface area contributed by atoms with Gasteiger partial charge in [0.15, 0.2) is 0 Å². The number of amides is 1. The van der Waals surface area contributed by atoms with Gasteiger partial charge < -0.3 is 9.88 Å². The number of carbonyl (C=O) groups excluding carboxylic acids is 1. The maximum atomic E-state index is 12.2. The van der Waals surface area contributed by atoms with Crippen LogP contribution in [0.2, 0.25) is 0 Å². The lowest BCUT2D eigenvalue weighted by Gasteiger charge is -2.24. The van der Waals surface area contributed by atoms with Crippen molar-refractivity contribution in [1.82, 2.24) is 9.88 Å². The zero-order chi connectivity index (χ0) is 12.0. The summed E-state index contributed by atoms with van der Waals surface area (Å²) in [4.78, 5) is 17.2. The highest BCUT2D eigenvalue weighted by Crippen LogP contribution is 2.21. The van der Waals surface area contributed by atoms with E-state index in [4.69, 9.17) is 11.6 Å². The fourth-order valence-corrected chi connectivity index (χ4v) is 2.06. The van der Waals surface area contributed by atoms with Crippen LogP contribution in [0.15, 0.2) is 18.3 Å². The summed E-state index contributed by atoms with van der Waals surface area (Å²) in [6, 6.07) is 3.85. The molecule has 3 nitrogen and oxygen atoms in total. The van der Waals surface area contributed by atoms with Crippen molar-refractivity contribution in [1.29, 1.82) is 0 Å². The number of halogens is 1. The molecule has 4 heteroatoms. The first-order valence-electron chi connectivity index (χ1n) is 5.72. The van der Waals surface area contributed by atoms with E-state index in [2.05, 4.69) is 4.98 Å². The van der Waals surface area contributed by atoms with Gasteiger partial charge in [-0.1, -0.05) is 0 Å². The molecule has 1 aromatic heterocycles. The van der Waals surface area contributed by atoms with Crippen molar-refractivity contribution < 1.29 is 4.79 Å². The standard InChI is InChI=1S/C12H19ClN2O/c1-3-15(4-2)12(16)10(7-8-13)11-6-5-9-14-11/h5-6,9-10,14H,3-4,7-8H2,1-2H3. The molecule has 1 amide bonds. The summed E-state index contributed by atoms with van der Waals surface area (Å²) in [6.45, 7) is 5.48. The lowest BCUT2D eigenvalue weighted by Crippen LogP contribution is -2.35. The second-order valence-corrected chi connectivity index (χ2v) is 4.04. The van der Waals surface area contributed by atoms with Gasteiger partial charge in [-0.2, -0.15) is 0 Å². The highest BCUT2D eigenvalue weighted by atomic mass is 35.5. The summed E-state index contributed by atoms with van der Waals surface area (Å²) in [5.41, 5.74) is 0.956. The van der Waals surface area contributed by atoms with Gasteiger partial charge >= 0.3 is 0 Å². The fourth-order valence-electron chi connectivity index (χ4n) is 1.84. The lowest BCUT2D eigenvalue weighted by molar-refractivity contribution is -0.132. The van der Waals surface area contributed by atoms with E-state index in [0.717, 1.165) is 18.8 Å². The second kappa shape index (κ2) is 6.59. The summed E-state index contributed by atoms with van der Waals surface area (Å²) >= 11 is 5.76. The molecule has 16 heavy (non-hydrogen) atoms. The average Bonchev–Trinajstić information content (AvgIpc) is 2.80. The number of alkyl halides is 1. The van der Waals surface area contributed by atoms with E-state index in [1.54, 1.807) is 0 Å². The minimum atomic E-state index is -0.132. The van der Waals surface area contributed by atoms with E-state index in [1.165, 1.54) is 0 Å². The van der Waals surface area contributed by atoms with Gasteiger partial charge in [-0.25, -0.2) is 0 Å². The SMILES string of the molecule is CCN(CC)C(=O)C(CCCl)c1ccc[nH]1. The topological polar surface area (TPSA) is 36.1 Å². The van der Waals surface area contributed by atoms with Crippen LogP contribution in [0.1, 0.15) is 31.9 Å². The first-order chi connectivity index (χ1) is 7.74. The van der Waals surface area contributed by atoms with Crippen molar-refractivity contribution in [3.05, 3.63) is 24.0 Å². The largest absolute Gasteiger partial charge is 0.364 e. The Balaban J connectivity index is 2.81. The van der Waals surface area contributed by atoms with Crippen LogP contribution in [0.3, 0.4) is 0 Å². The van der Waals surface area contributed by atoms with Gasteiger partial charge in [0.05, 0.1) is 5.92 Å². The average molecular weight is 243 g/mol. The molecule has 0 aliphatic rings. The molecule has 90 valence electrons. The first kappa shape index (κ1) is 13.1. The molecule has 0 saturated heterocycles. The molecule has 0 saturated carbocycles. The number of aromatic amines is 1. The van der Waals surface area contributed by atoms with Crippen LogP contribution in [0.4, 0.5) is 0 Å². The number of nitrogens with zero attached hydrogens (tertiary/aromatic N) is 1. The van der Waals surface area contributed by atoms with Crippen LogP contribution >= 0.6 is 11.6 Å². The Morgan fingerprint density at radius 3 is 2.62 bits per heavy atom. The van der Waals surface area contributed by atoms with E-state index < -0.39 is 0 Å². The summed E-state index contributed by atoms with van der Waals surface area (Å²) < 4.78 is 0. The van der Waals surface area contributed by atoms with Gasteiger partial charge in [-0.15, -0.1) is 11.6 Å². The fraction of sp³-hybridized carbons (Fsp3) is 0.583. The minimum Gasteiger partial charge on any atom is -0.364 e. The zero-order valence-corrected chi connectivity index (χ0v) is 10.6. The van der Waals surface area contributed by atoms with Crippen molar-refractivity contribution in [3.63, 3.8) is 0 Å². The minimum absolute atomic E-state index is 0.132. The van der Waals surface area contributed by atoms with E-state index >= 15 is 0 Å². The Hall–Kier alpha value is -0.960. The van der Waals surface area contributed by atoms with Gasteiger partial charge in [-0.3, -0.25) is 4.79 Å². The predicted octanol–water partition coefficient (Wildman–Crippen LogP) is 2.60. The quantitative estimate of drug-likeness (QED) is 0.765. The number of nitrogens with one attached hydrogen (secondary N) is 1. The molecule has 0 spiro atoms. The van der Waals surface area contributed by atoms with Crippen LogP contribution < -0.4 is 0 Å². The predicted molar refractivity (Wildman–Crippen MR) is 66.8 cm³/mol. The van der Waals surface area contributed by atoms with E-state index in [1.807, 2.05) is 37.1 Å². The lowest BCUT2D eigenvalue weighted by atomic mass is 10.0. The summed E-state index contributed by atoms with van der Waals surface area (Å²) in [5.74, 6) is 0.525. The van der Waals surface area contributed by atoms with Crippen LogP contribution in [0.25, 0.3) is 0 Å². The highest BCUT2D eigenvalue weighted by molar-refractivity contribution is 6.18. The number of hydrogen-bond acceptors (Lipinski definition) is 1. The van der Waals surface area contributed by atoms with E-state index in [-0.39, 0.29) is 11.8 Å². The van der Waals surface area contributed by atoms with Crippen molar-refractivity contribution in [2.24, 2.45) is 0 Å². The Labute approximate surface area is 102 Å². The molecular weight excluding hydrogens is 224 g/mol. The Morgan fingerprint density at radius 2 is 2.19 bits per heavy atom. The number of carbonyl (C=O) groups is 1. The third-order valence-corrected chi connectivity index (χ3v) is 2.99. The molecule has 1 rings (SSSR count). The zero-order valence-electron chi connectivity index (χ0n) is 9.87. The normalized spacial score (nSPS) is 12.4. The van der Waals surface area contributed by atoms with Crippen LogP contribution in [-0.2, 0) is 4.79 Å². The molecule has 1 unspecified atom stereocenters. The molecule has 1 atom stereocenters. The van der Waals surface area contributed by atoms with Gasteiger partial charge in [0, 0.05) is 30.9 Å². The summed E-state index contributed by atoms with van der Waals surface area (Å²) in [6.07, 6.45) is 2.52. The Kier molecular flexibility index (Phi) is 5.39. The third-order valence-electron chi connectivity index (χ3n) is 2.77. The molecule has 0 aromatic carbocycles. The van der Waals surface area contributed by atoms with Gasteiger partial charge in [0.25, 0.3) is 0 Å². The summed E-state index contributed by atoms with van der Waals surface area (Å²) in [5, 5.41) is 0. The monoisotopic (exact) mass is 242 g/mol. The second-order valence-electron chi connectivity index (χ2n) is 3.67. The van der Waals surface area contributed by atoms with Gasteiger partial charge in [0.1, 0.15) is 0 Å². The smallest absolute Gasteiger partial charge is 0.231 e. The third kappa shape index (κ3) is 3.01. The van der Waals surface area contributed by atoms with Crippen LogP contribution in [0, 0.1) is 0 Å². The van der Waals surface area contributed by atoms with Crippen molar-refractivity contribution in [2.75, 3.05) is 19.0 Å². The van der Waals surface area contributed by atoms with Crippen LogP contribution in [-0.4, -0.2) is 34.8 Å².